The number of nitro benzene ring substituents is 1. The van der Waals surface area contributed by atoms with Crippen molar-refractivity contribution in [3.63, 3.8) is 0 Å². The van der Waals surface area contributed by atoms with E-state index in [1.807, 2.05) is 6.92 Å². The predicted octanol–water partition coefficient (Wildman–Crippen LogP) is 2.13. The summed E-state index contributed by atoms with van der Waals surface area (Å²) >= 11 is 0. The Morgan fingerprint density at radius 2 is 2.07 bits per heavy atom. The fourth-order valence-corrected chi connectivity index (χ4v) is 4.02. The van der Waals surface area contributed by atoms with Crippen molar-refractivity contribution < 1.29 is 28.8 Å². The molecule has 0 unspecified atom stereocenters. The third kappa shape index (κ3) is 3.89. The summed E-state index contributed by atoms with van der Waals surface area (Å²) in [7, 11) is 0. The van der Waals surface area contributed by atoms with Crippen LogP contribution in [0.3, 0.4) is 0 Å². The number of urea groups is 1. The highest BCUT2D eigenvalue weighted by molar-refractivity contribution is 6.09. The standard InChI is InChI=1S/C20H23N3O7/c1-12-6-7-14(9-15(12)23(28)29)16(24)11-30-17(25)10-22-18(26)20(21-19(22)27)8-4-3-5-13(20)2/h6-7,9,13H,3-5,8,10-11H2,1-2H3,(H,21,27)/t13-,20-/m1/s1. The molecule has 0 radical (unpaired) electrons. The van der Waals surface area contributed by atoms with Gasteiger partial charge in [-0.1, -0.05) is 31.9 Å². The van der Waals surface area contributed by atoms with Crippen molar-refractivity contribution in [3.8, 4) is 0 Å². The molecule has 1 aromatic rings. The van der Waals surface area contributed by atoms with Crippen LogP contribution >= 0.6 is 0 Å². The van der Waals surface area contributed by atoms with Gasteiger partial charge in [-0.2, -0.15) is 0 Å². The molecule has 3 amide bonds. The molecule has 3 rings (SSSR count). The molecule has 1 saturated heterocycles. The number of ketones is 1. The fraction of sp³-hybridized carbons (Fsp3) is 0.500. The van der Waals surface area contributed by atoms with Gasteiger partial charge in [-0.15, -0.1) is 0 Å². The third-order valence-electron chi connectivity index (χ3n) is 5.88. The molecule has 1 spiro atoms. The second kappa shape index (κ2) is 8.21. The minimum atomic E-state index is -0.980. The first kappa shape index (κ1) is 21.4. The van der Waals surface area contributed by atoms with Crippen LogP contribution in [0.15, 0.2) is 18.2 Å². The Kier molecular flexibility index (Phi) is 5.86. The number of nitrogens with zero attached hydrogens (tertiary/aromatic N) is 2. The summed E-state index contributed by atoms with van der Waals surface area (Å²) in [6, 6.07) is 3.32. The van der Waals surface area contributed by atoms with Crippen molar-refractivity contribution in [1.82, 2.24) is 10.2 Å². The number of hydrogen-bond acceptors (Lipinski definition) is 7. The minimum Gasteiger partial charge on any atom is -0.456 e. The van der Waals surface area contributed by atoms with Crippen LogP contribution in [0.25, 0.3) is 0 Å². The second-order valence-electron chi connectivity index (χ2n) is 7.78. The van der Waals surface area contributed by atoms with E-state index in [1.54, 1.807) is 6.92 Å². The number of carbonyl (C=O) groups is 4. The lowest BCUT2D eigenvalue weighted by molar-refractivity contribution is -0.385. The fourth-order valence-electron chi connectivity index (χ4n) is 4.02. The molecule has 2 atom stereocenters. The molecule has 10 nitrogen and oxygen atoms in total. The van der Waals surface area contributed by atoms with Crippen molar-refractivity contribution >= 4 is 29.4 Å². The Bertz CT molecular complexity index is 929. The molecule has 1 aromatic carbocycles. The first-order valence-corrected chi connectivity index (χ1v) is 9.73. The van der Waals surface area contributed by atoms with E-state index < -0.39 is 47.3 Å². The van der Waals surface area contributed by atoms with Crippen LogP contribution in [0.2, 0.25) is 0 Å². The number of Topliss-reactive ketones (excluding diaryl/α,β-unsaturated/α-hetero) is 1. The van der Waals surface area contributed by atoms with Gasteiger partial charge < -0.3 is 10.1 Å². The summed E-state index contributed by atoms with van der Waals surface area (Å²) in [5.41, 5.74) is -0.756. The third-order valence-corrected chi connectivity index (χ3v) is 5.88. The molecular formula is C20H23N3O7. The van der Waals surface area contributed by atoms with Gasteiger partial charge in [-0.05, 0) is 25.7 Å². The molecule has 2 aliphatic rings. The molecule has 10 heteroatoms. The van der Waals surface area contributed by atoms with Crippen molar-refractivity contribution in [2.24, 2.45) is 5.92 Å². The van der Waals surface area contributed by atoms with Gasteiger partial charge in [0.15, 0.2) is 6.61 Å². The van der Waals surface area contributed by atoms with Crippen LogP contribution < -0.4 is 5.32 Å². The average molecular weight is 417 g/mol. The maximum atomic E-state index is 12.8. The molecule has 1 aliphatic heterocycles. The number of esters is 1. The van der Waals surface area contributed by atoms with E-state index >= 15 is 0 Å². The SMILES string of the molecule is Cc1ccc(C(=O)COC(=O)CN2C(=O)N[C@@]3(CCCC[C@H]3C)C2=O)cc1[N+](=O)[O-]. The van der Waals surface area contributed by atoms with Crippen LogP contribution in [-0.4, -0.2) is 52.2 Å². The van der Waals surface area contributed by atoms with Gasteiger partial charge in [0, 0.05) is 17.2 Å². The Hall–Kier alpha value is -3.30. The van der Waals surface area contributed by atoms with E-state index in [0.29, 0.717) is 12.0 Å². The lowest BCUT2D eigenvalue weighted by atomic mass is 9.73. The van der Waals surface area contributed by atoms with Gasteiger partial charge in [0.25, 0.3) is 11.6 Å². The van der Waals surface area contributed by atoms with Crippen LogP contribution in [0.1, 0.15) is 48.5 Å². The van der Waals surface area contributed by atoms with Crippen molar-refractivity contribution in [2.75, 3.05) is 13.2 Å². The Morgan fingerprint density at radius 3 is 2.73 bits per heavy atom. The summed E-state index contributed by atoms with van der Waals surface area (Å²) in [5, 5.41) is 13.7. The lowest BCUT2D eigenvalue weighted by Gasteiger charge is -2.36. The molecule has 1 aliphatic carbocycles. The number of ether oxygens (including phenoxy) is 1. The van der Waals surface area contributed by atoms with E-state index in [2.05, 4.69) is 5.32 Å². The molecule has 30 heavy (non-hydrogen) atoms. The van der Waals surface area contributed by atoms with Crippen LogP contribution in [0.4, 0.5) is 10.5 Å². The van der Waals surface area contributed by atoms with E-state index in [-0.39, 0.29) is 17.2 Å². The number of amides is 3. The number of carbonyl (C=O) groups excluding carboxylic acids is 4. The molecule has 1 heterocycles. The van der Waals surface area contributed by atoms with Gasteiger partial charge in [0.05, 0.1) is 4.92 Å². The number of aryl methyl sites for hydroxylation is 1. The summed E-state index contributed by atoms with van der Waals surface area (Å²) < 4.78 is 4.92. The van der Waals surface area contributed by atoms with Crippen LogP contribution in [0.5, 0.6) is 0 Å². The topological polar surface area (TPSA) is 136 Å². The highest BCUT2D eigenvalue weighted by atomic mass is 16.6. The number of benzene rings is 1. The first-order chi connectivity index (χ1) is 14.2. The van der Waals surface area contributed by atoms with Crippen molar-refractivity contribution in [3.05, 3.63) is 39.4 Å². The van der Waals surface area contributed by atoms with Gasteiger partial charge in [0.2, 0.25) is 5.78 Å². The largest absolute Gasteiger partial charge is 0.456 e. The zero-order chi connectivity index (χ0) is 22.1. The van der Waals surface area contributed by atoms with Gasteiger partial charge in [-0.25, -0.2) is 4.79 Å². The van der Waals surface area contributed by atoms with Crippen molar-refractivity contribution in [2.45, 2.75) is 45.1 Å². The quantitative estimate of drug-likeness (QED) is 0.246. The smallest absolute Gasteiger partial charge is 0.326 e. The number of rotatable bonds is 6. The van der Waals surface area contributed by atoms with E-state index in [0.717, 1.165) is 30.2 Å². The molecule has 160 valence electrons. The highest BCUT2D eigenvalue weighted by Gasteiger charge is 2.55. The number of nitrogens with one attached hydrogen (secondary N) is 1. The Balaban J connectivity index is 1.60. The van der Waals surface area contributed by atoms with Crippen LogP contribution in [-0.2, 0) is 14.3 Å². The van der Waals surface area contributed by atoms with Crippen molar-refractivity contribution in [1.29, 1.82) is 0 Å². The predicted molar refractivity (Wildman–Crippen MR) is 104 cm³/mol. The lowest BCUT2D eigenvalue weighted by Crippen LogP contribution is -2.54. The Labute approximate surface area is 172 Å². The first-order valence-electron chi connectivity index (χ1n) is 9.73. The van der Waals surface area contributed by atoms with Gasteiger partial charge in [-0.3, -0.25) is 29.4 Å². The molecule has 0 aromatic heterocycles. The zero-order valence-corrected chi connectivity index (χ0v) is 16.8. The number of imide groups is 1. The van der Waals surface area contributed by atoms with E-state index in [1.165, 1.54) is 12.1 Å². The summed E-state index contributed by atoms with van der Waals surface area (Å²) in [6.07, 6.45) is 3.12. The van der Waals surface area contributed by atoms with Gasteiger partial charge in [0.1, 0.15) is 12.1 Å². The average Bonchev–Trinajstić information content (AvgIpc) is 2.93. The second-order valence-corrected chi connectivity index (χ2v) is 7.78. The van der Waals surface area contributed by atoms with E-state index in [4.69, 9.17) is 4.74 Å². The molecule has 0 bridgehead atoms. The molecule has 2 fully saturated rings. The number of nitro groups is 1. The maximum Gasteiger partial charge on any atom is 0.326 e. The highest BCUT2D eigenvalue weighted by Crippen LogP contribution is 2.38. The van der Waals surface area contributed by atoms with Gasteiger partial charge >= 0.3 is 12.0 Å². The summed E-state index contributed by atoms with van der Waals surface area (Å²) in [5.74, 6) is -2.02. The van der Waals surface area contributed by atoms with Crippen LogP contribution in [0, 0.1) is 23.0 Å². The minimum absolute atomic E-state index is 0.0325. The maximum absolute atomic E-state index is 12.8. The zero-order valence-electron chi connectivity index (χ0n) is 16.8. The summed E-state index contributed by atoms with van der Waals surface area (Å²) in [4.78, 5) is 60.7. The van der Waals surface area contributed by atoms with E-state index in [9.17, 15) is 29.3 Å². The monoisotopic (exact) mass is 417 g/mol. The molecular weight excluding hydrogens is 394 g/mol. The number of hydrogen-bond donors (Lipinski definition) is 1. The Morgan fingerprint density at radius 1 is 1.33 bits per heavy atom. The summed E-state index contributed by atoms with van der Waals surface area (Å²) in [6.45, 7) is 2.20. The molecule has 1 saturated carbocycles. The molecule has 1 N–H and O–H groups in total. The normalized spacial score (nSPS) is 23.4.